The number of hydrogen-bond acceptors (Lipinski definition) is 2. The van der Waals surface area contributed by atoms with E-state index in [1.54, 1.807) is 24.3 Å². The molecule has 3 aromatic rings. The molecule has 0 aliphatic carbocycles. The third-order valence-corrected chi connectivity index (χ3v) is 3.90. The summed E-state index contributed by atoms with van der Waals surface area (Å²) in [6, 6.07) is 16.4. The molecule has 0 bridgehead atoms. The number of nitrogens with one attached hydrogen (secondary N) is 1. The Kier molecular flexibility index (Phi) is 4.29. The molecule has 1 amide bonds. The molecule has 1 N–H and O–H groups in total. The largest absolute Gasteiger partial charge is 0.324 e. The van der Waals surface area contributed by atoms with Crippen LogP contribution < -0.4 is 5.32 Å². The molecule has 2 aromatic carbocycles. The van der Waals surface area contributed by atoms with E-state index >= 15 is 0 Å². The number of rotatable bonds is 4. The molecular weight excluding hydrogens is 300 g/mol. The zero-order valence-corrected chi connectivity index (χ0v) is 13.6. The van der Waals surface area contributed by atoms with E-state index in [0.29, 0.717) is 16.8 Å². The molecule has 0 atom stereocenters. The van der Waals surface area contributed by atoms with E-state index in [4.69, 9.17) is 0 Å². The number of aryl methyl sites for hydroxylation is 1. The Balaban J connectivity index is 1.82. The minimum Gasteiger partial charge on any atom is -0.324 e. The van der Waals surface area contributed by atoms with E-state index in [1.165, 1.54) is 6.92 Å². The van der Waals surface area contributed by atoms with Gasteiger partial charge in [-0.05, 0) is 67.9 Å². The Hall–Kier alpha value is -3.14. The van der Waals surface area contributed by atoms with Crippen LogP contribution in [0.5, 0.6) is 0 Å². The van der Waals surface area contributed by atoms with Crippen molar-refractivity contribution in [1.82, 2.24) is 4.57 Å². The lowest BCUT2D eigenvalue weighted by molar-refractivity contribution is 0.101. The van der Waals surface area contributed by atoms with Crippen LogP contribution in [0.1, 0.15) is 33.2 Å². The van der Waals surface area contributed by atoms with Crippen molar-refractivity contribution in [1.29, 1.82) is 0 Å². The molecule has 3 rings (SSSR count). The molecule has 0 fully saturated rings. The van der Waals surface area contributed by atoms with Crippen LogP contribution >= 0.6 is 0 Å². The summed E-state index contributed by atoms with van der Waals surface area (Å²) in [5.74, 6) is -0.179. The number of aromatic nitrogens is 1. The second-order valence-electron chi connectivity index (χ2n) is 5.68. The molecule has 120 valence electrons. The lowest BCUT2D eigenvalue weighted by Gasteiger charge is -2.11. The number of anilines is 1. The normalized spacial score (nSPS) is 10.4. The summed E-state index contributed by atoms with van der Waals surface area (Å²) in [7, 11) is 0. The fourth-order valence-electron chi connectivity index (χ4n) is 2.52. The molecular formula is C20H18N2O2. The van der Waals surface area contributed by atoms with Crippen molar-refractivity contribution in [3.8, 4) is 5.69 Å². The van der Waals surface area contributed by atoms with Gasteiger partial charge in [0.05, 0.1) is 0 Å². The van der Waals surface area contributed by atoms with Crippen LogP contribution in [-0.4, -0.2) is 16.3 Å². The van der Waals surface area contributed by atoms with E-state index < -0.39 is 0 Å². The van der Waals surface area contributed by atoms with E-state index in [9.17, 15) is 9.59 Å². The molecule has 0 spiro atoms. The standard InChI is InChI=1S/C20H18N2O2/c1-14-5-6-17(13-19(14)22-11-3-4-12-22)20(24)21-18-9-7-16(8-10-18)15(2)23/h3-13H,1-2H3,(H,21,24). The zero-order chi connectivity index (χ0) is 17.1. The van der Waals surface area contributed by atoms with Gasteiger partial charge in [-0.1, -0.05) is 6.07 Å². The fraction of sp³-hybridized carbons (Fsp3) is 0.100. The smallest absolute Gasteiger partial charge is 0.255 e. The van der Waals surface area contributed by atoms with E-state index in [-0.39, 0.29) is 11.7 Å². The van der Waals surface area contributed by atoms with Crippen LogP contribution in [0.2, 0.25) is 0 Å². The maximum atomic E-state index is 12.5. The van der Waals surface area contributed by atoms with Crippen molar-refractivity contribution in [3.05, 3.63) is 83.7 Å². The maximum Gasteiger partial charge on any atom is 0.255 e. The van der Waals surface area contributed by atoms with Crippen LogP contribution in [0.3, 0.4) is 0 Å². The number of hydrogen-bond donors (Lipinski definition) is 1. The minimum atomic E-state index is -0.181. The first kappa shape index (κ1) is 15.7. The summed E-state index contributed by atoms with van der Waals surface area (Å²) in [5, 5.41) is 2.86. The predicted octanol–water partition coefficient (Wildman–Crippen LogP) is 4.24. The molecule has 0 aliphatic heterocycles. The van der Waals surface area contributed by atoms with E-state index in [1.807, 2.05) is 54.2 Å². The van der Waals surface area contributed by atoms with Crippen LogP contribution in [0, 0.1) is 6.92 Å². The summed E-state index contributed by atoms with van der Waals surface area (Å²) < 4.78 is 1.98. The van der Waals surface area contributed by atoms with Crippen molar-refractivity contribution in [2.24, 2.45) is 0 Å². The molecule has 0 radical (unpaired) electrons. The molecule has 0 aliphatic rings. The van der Waals surface area contributed by atoms with Gasteiger partial charge < -0.3 is 9.88 Å². The summed E-state index contributed by atoms with van der Waals surface area (Å²) in [6.07, 6.45) is 3.90. The highest BCUT2D eigenvalue weighted by atomic mass is 16.1. The number of carbonyl (C=O) groups excluding carboxylic acids is 2. The number of benzene rings is 2. The number of nitrogens with zero attached hydrogens (tertiary/aromatic N) is 1. The van der Waals surface area contributed by atoms with Gasteiger partial charge in [0.15, 0.2) is 5.78 Å². The lowest BCUT2D eigenvalue weighted by Crippen LogP contribution is -2.12. The predicted molar refractivity (Wildman–Crippen MR) is 94.9 cm³/mol. The van der Waals surface area contributed by atoms with Crippen LogP contribution in [-0.2, 0) is 0 Å². The van der Waals surface area contributed by atoms with Gasteiger partial charge in [-0.25, -0.2) is 0 Å². The van der Waals surface area contributed by atoms with Crippen LogP contribution in [0.4, 0.5) is 5.69 Å². The van der Waals surface area contributed by atoms with Gasteiger partial charge in [0.25, 0.3) is 5.91 Å². The average Bonchev–Trinajstić information content (AvgIpc) is 3.10. The van der Waals surface area contributed by atoms with Gasteiger partial charge in [0, 0.05) is 34.9 Å². The monoisotopic (exact) mass is 318 g/mol. The third kappa shape index (κ3) is 3.27. The van der Waals surface area contributed by atoms with E-state index in [2.05, 4.69) is 5.32 Å². The molecule has 1 heterocycles. The van der Waals surface area contributed by atoms with Gasteiger partial charge >= 0.3 is 0 Å². The first-order valence-electron chi connectivity index (χ1n) is 7.71. The number of ketones is 1. The minimum absolute atomic E-state index is 0.00257. The highest BCUT2D eigenvalue weighted by molar-refractivity contribution is 6.05. The SMILES string of the molecule is CC(=O)c1ccc(NC(=O)c2ccc(C)c(-n3cccc3)c2)cc1. The molecule has 0 saturated heterocycles. The van der Waals surface area contributed by atoms with Crippen LogP contribution in [0.25, 0.3) is 5.69 Å². The van der Waals surface area contributed by atoms with Gasteiger partial charge in [0.2, 0.25) is 0 Å². The molecule has 4 nitrogen and oxygen atoms in total. The van der Waals surface area contributed by atoms with Crippen LogP contribution in [0.15, 0.2) is 67.0 Å². The molecule has 1 aromatic heterocycles. The summed E-state index contributed by atoms with van der Waals surface area (Å²) in [4.78, 5) is 23.8. The van der Waals surface area contributed by atoms with Crippen molar-refractivity contribution < 1.29 is 9.59 Å². The molecule has 24 heavy (non-hydrogen) atoms. The Morgan fingerprint density at radius 2 is 1.54 bits per heavy atom. The average molecular weight is 318 g/mol. The maximum absolute atomic E-state index is 12.5. The third-order valence-electron chi connectivity index (χ3n) is 3.90. The second kappa shape index (κ2) is 6.54. The Bertz CT molecular complexity index is 879. The van der Waals surface area contributed by atoms with Crippen molar-refractivity contribution in [3.63, 3.8) is 0 Å². The van der Waals surface area contributed by atoms with Gasteiger partial charge in [-0.3, -0.25) is 9.59 Å². The number of amides is 1. The highest BCUT2D eigenvalue weighted by Crippen LogP contribution is 2.18. The zero-order valence-electron chi connectivity index (χ0n) is 13.6. The Morgan fingerprint density at radius 1 is 0.917 bits per heavy atom. The molecule has 0 saturated carbocycles. The first-order chi connectivity index (χ1) is 11.5. The summed E-state index contributed by atoms with van der Waals surface area (Å²) in [5.41, 5.74) is 3.93. The van der Waals surface area contributed by atoms with Gasteiger partial charge in [-0.15, -0.1) is 0 Å². The van der Waals surface area contributed by atoms with Gasteiger partial charge in [-0.2, -0.15) is 0 Å². The number of Topliss-reactive ketones (excluding diaryl/α,β-unsaturated/α-hetero) is 1. The van der Waals surface area contributed by atoms with Gasteiger partial charge in [0.1, 0.15) is 0 Å². The second-order valence-corrected chi connectivity index (χ2v) is 5.68. The Morgan fingerprint density at radius 3 is 2.17 bits per heavy atom. The van der Waals surface area contributed by atoms with Crippen molar-refractivity contribution in [2.45, 2.75) is 13.8 Å². The quantitative estimate of drug-likeness (QED) is 0.731. The van der Waals surface area contributed by atoms with Crippen molar-refractivity contribution in [2.75, 3.05) is 5.32 Å². The fourth-order valence-corrected chi connectivity index (χ4v) is 2.52. The lowest BCUT2D eigenvalue weighted by atomic mass is 10.1. The summed E-state index contributed by atoms with van der Waals surface area (Å²) in [6.45, 7) is 3.53. The first-order valence-corrected chi connectivity index (χ1v) is 7.71. The van der Waals surface area contributed by atoms with E-state index in [0.717, 1.165) is 11.3 Å². The topological polar surface area (TPSA) is 51.1 Å². The van der Waals surface area contributed by atoms with Crippen molar-refractivity contribution >= 4 is 17.4 Å². The molecule has 4 heteroatoms. The highest BCUT2D eigenvalue weighted by Gasteiger charge is 2.10. The number of carbonyl (C=O) groups is 2. The summed E-state index contributed by atoms with van der Waals surface area (Å²) >= 11 is 0. The molecule has 0 unspecified atom stereocenters. The Labute approximate surface area is 140 Å².